The van der Waals surface area contributed by atoms with Crippen molar-refractivity contribution in [2.24, 2.45) is 0 Å². The number of fused-ring (bicyclic) bond motifs is 2. The van der Waals surface area contributed by atoms with Crippen molar-refractivity contribution < 1.29 is 13.2 Å². The van der Waals surface area contributed by atoms with Crippen LogP contribution in [0.5, 0.6) is 0 Å². The van der Waals surface area contributed by atoms with Crippen LogP contribution >= 0.6 is 0 Å². The van der Waals surface area contributed by atoms with E-state index in [9.17, 15) is 13.2 Å². The molecule has 0 radical (unpaired) electrons. The maximum atomic E-state index is 13.3. The van der Waals surface area contributed by atoms with Gasteiger partial charge in [0, 0.05) is 12.1 Å². The van der Waals surface area contributed by atoms with E-state index >= 15 is 0 Å². The SMILES string of the molecule is CCn1ncc2c(C(=O)NC3CS(=O)(=O)c4ccccc43)cc(-c3ccccc3)nc21. The highest BCUT2D eigenvalue weighted by atomic mass is 32.2. The van der Waals surface area contributed by atoms with Crippen LogP contribution in [0.1, 0.15) is 28.9 Å². The van der Waals surface area contributed by atoms with Gasteiger partial charge >= 0.3 is 0 Å². The normalized spacial score (nSPS) is 16.9. The number of rotatable bonds is 4. The second kappa shape index (κ2) is 7.31. The van der Waals surface area contributed by atoms with Crippen molar-refractivity contribution in [3.63, 3.8) is 0 Å². The Morgan fingerprint density at radius 1 is 1.13 bits per heavy atom. The number of benzene rings is 2. The highest BCUT2D eigenvalue weighted by Crippen LogP contribution is 2.33. The van der Waals surface area contributed by atoms with Crippen molar-refractivity contribution in [3.8, 4) is 11.3 Å². The molecule has 31 heavy (non-hydrogen) atoms. The van der Waals surface area contributed by atoms with E-state index in [4.69, 9.17) is 4.98 Å². The lowest BCUT2D eigenvalue weighted by Crippen LogP contribution is -2.29. The summed E-state index contributed by atoms with van der Waals surface area (Å²) >= 11 is 0. The van der Waals surface area contributed by atoms with Gasteiger partial charge in [0.25, 0.3) is 5.91 Å². The number of amides is 1. The second-order valence-corrected chi connectivity index (χ2v) is 9.47. The zero-order valence-electron chi connectivity index (χ0n) is 16.8. The highest BCUT2D eigenvalue weighted by molar-refractivity contribution is 7.91. The average Bonchev–Trinajstić information content (AvgIpc) is 3.32. The molecule has 1 atom stereocenters. The summed E-state index contributed by atoms with van der Waals surface area (Å²) < 4.78 is 26.7. The van der Waals surface area contributed by atoms with E-state index in [0.29, 0.717) is 34.4 Å². The second-order valence-electron chi connectivity index (χ2n) is 7.46. The van der Waals surface area contributed by atoms with E-state index in [2.05, 4.69) is 10.4 Å². The predicted octanol–water partition coefficient (Wildman–Crippen LogP) is 3.38. The molecule has 1 N–H and O–H groups in total. The Kier molecular flexibility index (Phi) is 4.59. The predicted molar refractivity (Wildman–Crippen MR) is 117 cm³/mol. The Labute approximate surface area is 179 Å². The molecule has 0 fully saturated rings. The van der Waals surface area contributed by atoms with E-state index in [1.54, 1.807) is 41.2 Å². The Bertz CT molecular complexity index is 1410. The van der Waals surface area contributed by atoms with E-state index in [1.807, 2.05) is 37.3 Å². The summed E-state index contributed by atoms with van der Waals surface area (Å²) in [6.45, 7) is 2.58. The van der Waals surface area contributed by atoms with Gasteiger partial charge in [-0.1, -0.05) is 48.5 Å². The maximum absolute atomic E-state index is 13.3. The van der Waals surface area contributed by atoms with Crippen LogP contribution in [0.4, 0.5) is 0 Å². The van der Waals surface area contributed by atoms with E-state index in [0.717, 1.165) is 5.56 Å². The van der Waals surface area contributed by atoms with E-state index < -0.39 is 15.9 Å². The maximum Gasteiger partial charge on any atom is 0.252 e. The first-order valence-electron chi connectivity index (χ1n) is 10.0. The molecule has 5 rings (SSSR count). The lowest BCUT2D eigenvalue weighted by atomic mass is 10.0. The topological polar surface area (TPSA) is 94.0 Å². The molecule has 0 saturated heterocycles. The van der Waals surface area contributed by atoms with Crippen LogP contribution in [0, 0.1) is 0 Å². The quantitative estimate of drug-likeness (QED) is 0.534. The minimum absolute atomic E-state index is 0.147. The molecule has 0 bridgehead atoms. The molecule has 156 valence electrons. The molecular formula is C23H20N4O3S. The summed E-state index contributed by atoms with van der Waals surface area (Å²) in [5.74, 6) is -0.497. The number of nitrogens with zero attached hydrogens (tertiary/aromatic N) is 3. The molecule has 8 heteroatoms. The van der Waals surface area contributed by atoms with Crippen molar-refractivity contribution in [1.82, 2.24) is 20.1 Å². The Hall–Kier alpha value is -3.52. The molecule has 1 amide bonds. The van der Waals surface area contributed by atoms with Gasteiger partial charge in [-0.05, 0) is 24.6 Å². The van der Waals surface area contributed by atoms with Crippen LogP contribution in [0.15, 0.2) is 71.8 Å². The first-order valence-corrected chi connectivity index (χ1v) is 11.7. The first kappa shape index (κ1) is 19.4. The fourth-order valence-corrected chi connectivity index (χ4v) is 5.77. The van der Waals surface area contributed by atoms with Crippen LogP contribution in [-0.4, -0.2) is 34.8 Å². The number of hydrogen-bond donors (Lipinski definition) is 1. The molecule has 0 saturated carbocycles. The van der Waals surface area contributed by atoms with Gasteiger partial charge in [-0.15, -0.1) is 0 Å². The molecule has 0 aliphatic carbocycles. The van der Waals surface area contributed by atoms with Gasteiger partial charge in [0.15, 0.2) is 15.5 Å². The lowest BCUT2D eigenvalue weighted by molar-refractivity contribution is 0.0942. The lowest BCUT2D eigenvalue weighted by Gasteiger charge is -2.14. The van der Waals surface area contributed by atoms with E-state index in [-0.39, 0.29) is 16.6 Å². The zero-order valence-corrected chi connectivity index (χ0v) is 17.6. The first-order chi connectivity index (χ1) is 15.0. The van der Waals surface area contributed by atoms with Crippen LogP contribution in [0.25, 0.3) is 22.3 Å². The number of nitrogens with one attached hydrogen (secondary N) is 1. The summed E-state index contributed by atoms with van der Waals surface area (Å²) in [7, 11) is -3.42. The standard InChI is InChI=1S/C23H20N4O3S/c1-2-27-22-18(13-24-27)17(12-19(25-22)15-8-4-3-5-9-15)23(28)26-20-14-31(29,30)21-11-7-6-10-16(20)21/h3-13,20H,2,14H2,1H3,(H,26,28). The number of carbonyl (C=O) groups excluding carboxylic acids is 1. The minimum Gasteiger partial charge on any atom is -0.344 e. The van der Waals surface area contributed by atoms with Crippen molar-refractivity contribution in [2.75, 3.05) is 5.75 Å². The summed E-state index contributed by atoms with van der Waals surface area (Å²) in [5, 5.41) is 7.92. The third-order valence-corrected chi connectivity index (χ3v) is 7.36. The largest absolute Gasteiger partial charge is 0.344 e. The molecule has 7 nitrogen and oxygen atoms in total. The van der Waals surface area contributed by atoms with Crippen molar-refractivity contribution in [2.45, 2.75) is 24.4 Å². The number of hydrogen-bond acceptors (Lipinski definition) is 5. The van der Waals surface area contributed by atoms with Gasteiger partial charge < -0.3 is 5.32 Å². The summed E-state index contributed by atoms with van der Waals surface area (Å²) in [5.41, 5.74) is 3.21. The van der Waals surface area contributed by atoms with Gasteiger partial charge in [-0.25, -0.2) is 18.1 Å². The number of sulfone groups is 1. The summed E-state index contributed by atoms with van der Waals surface area (Å²) in [6.07, 6.45) is 1.63. The monoisotopic (exact) mass is 432 g/mol. The molecule has 1 aliphatic heterocycles. The molecular weight excluding hydrogens is 412 g/mol. The van der Waals surface area contributed by atoms with Crippen molar-refractivity contribution in [1.29, 1.82) is 0 Å². The third kappa shape index (κ3) is 3.29. The van der Waals surface area contributed by atoms with Gasteiger partial charge in [-0.3, -0.25) is 4.79 Å². The van der Waals surface area contributed by atoms with Gasteiger partial charge in [0.1, 0.15) is 0 Å². The molecule has 2 aromatic heterocycles. The molecule has 2 aromatic carbocycles. The highest BCUT2D eigenvalue weighted by Gasteiger charge is 2.35. The van der Waals surface area contributed by atoms with Gasteiger partial charge in [-0.2, -0.15) is 5.10 Å². The summed E-state index contributed by atoms with van der Waals surface area (Å²) in [6, 6.07) is 17.6. The minimum atomic E-state index is -3.42. The zero-order chi connectivity index (χ0) is 21.6. The number of aromatic nitrogens is 3. The average molecular weight is 433 g/mol. The van der Waals surface area contributed by atoms with Crippen LogP contribution in [0.3, 0.4) is 0 Å². The number of carbonyl (C=O) groups is 1. The Balaban J connectivity index is 1.59. The summed E-state index contributed by atoms with van der Waals surface area (Å²) in [4.78, 5) is 18.4. The Morgan fingerprint density at radius 3 is 2.65 bits per heavy atom. The fraction of sp³-hybridized carbons (Fsp3) is 0.174. The van der Waals surface area contributed by atoms with Gasteiger partial charge in [0.05, 0.1) is 39.5 Å². The molecule has 0 spiro atoms. The molecule has 4 aromatic rings. The van der Waals surface area contributed by atoms with Crippen LogP contribution < -0.4 is 5.32 Å². The van der Waals surface area contributed by atoms with Crippen molar-refractivity contribution in [3.05, 3.63) is 78.0 Å². The van der Waals surface area contributed by atoms with Crippen LogP contribution in [-0.2, 0) is 16.4 Å². The smallest absolute Gasteiger partial charge is 0.252 e. The molecule has 1 unspecified atom stereocenters. The number of pyridine rings is 1. The fourth-order valence-electron chi connectivity index (χ4n) is 4.03. The Morgan fingerprint density at radius 2 is 1.87 bits per heavy atom. The van der Waals surface area contributed by atoms with Crippen LogP contribution in [0.2, 0.25) is 0 Å². The number of aryl methyl sites for hydroxylation is 1. The van der Waals surface area contributed by atoms with Gasteiger partial charge in [0.2, 0.25) is 0 Å². The van der Waals surface area contributed by atoms with E-state index in [1.165, 1.54) is 0 Å². The third-order valence-electron chi connectivity index (χ3n) is 5.54. The molecule has 1 aliphatic rings. The molecule has 3 heterocycles. The van der Waals surface area contributed by atoms with Crippen molar-refractivity contribution >= 4 is 26.8 Å².